The van der Waals surface area contributed by atoms with Crippen molar-refractivity contribution in [3.63, 3.8) is 0 Å². The van der Waals surface area contributed by atoms with E-state index in [1.807, 2.05) is 4.98 Å². The largest absolute Gasteiger partial charge is 0.493 e. The number of benzene rings is 1. The molecule has 2 N–H and O–H groups in total. The van der Waals surface area contributed by atoms with Crippen LogP contribution in [0.25, 0.3) is 0 Å². The van der Waals surface area contributed by atoms with Crippen LogP contribution in [0.1, 0.15) is 5.56 Å². The van der Waals surface area contributed by atoms with E-state index in [1.165, 1.54) is 24.3 Å². The molecule has 0 aliphatic rings. The van der Waals surface area contributed by atoms with Crippen LogP contribution in [0.4, 0.5) is 10.1 Å². The van der Waals surface area contributed by atoms with Gasteiger partial charge in [-0.2, -0.15) is 0 Å². The first-order valence-corrected chi connectivity index (χ1v) is 5.67. The third-order valence-corrected chi connectivity index (χ3v) is 2.78. The van der Waals surface area contributed by atoms with Crippen LogP contribution in [0, 0.1) is 10.7 Å². The van der Waals surface area contributed by atoms with Gasteiger partial charge in [0.25, 0.3) is 5.56 Å². The molecule has 0 amide bonds. The number of nitrogens with zero attached hydrogens (tertiary/aromatic N) is 2. The number of rotatable bonds is 4. The average molecular weight is 279 g/mol. The first-order chi connectivity index (χ1) is 9.52. The molecule has 8 heteroatoms. The van der Waals surface area contributed by atoms with Crippen molar-refractivity contribution >= 4 is 5.69 Å². The molecule has 0 saturated heterocycles. The van der Waals surface area contributed by atoms with Gasteiger partial charge < -0.3 is 5.11 Å². The van der Waals surface area contributed by atoms with Crippen LogP contribution in [0.2, 0.25) is 0 Å². The van der Waals surface area contributed by atoms with Crippen LogP contribution in [0.3, 0.4) is 0 Å². The number of aryl methyl sites for hydroxylation is 1. The third-order valence-electron chi connectivity index (χ3n) is 2.78. The van der Waals surface area contributed by atoms with Crippen LogP contribution >= 0.6 is 0 Å². The topological polar surface area (TPSA) is 105 Å². The number of aromatic amines is 1. The molecule has 0 unspecified atom stereocenters. The number of halogens is 1. The summed E-state index contributed by atoms with van der Waals surface area (Å²) < 4.78 is 13.6. The molecule has 1 aromatic heterocycles. The van der Waals surface area contributed by atoms with E-state index < -0.39 is 22.8 Å². The normalized spacial score (nSPS) is 10.4. The van der Waals surface area contributed by atoms with E-state index in [2.05, 4.69) is 5.18 Å². The molecule has 20 heavy (non-hydrogen) atoms. The van der Waals surface area contributed by atoms with Crippen LogP contribution in [0.5, 0.6) is 5.88 Å². The second-order valence-corrected chi connectivity index (χ2v) is 4.05. The molecule has 0 bridgehead atoms. The number of aromatic hydroxyl groups is 1. The maximum atomic E-state index is 12.7. The summed E-state index contributed by atoms with van der Waals surface area (Å²) in [5.41, 5.74) is -1.91. The molecule has 0 spiro atoms. The van der Waals surface area contributed by atoms with Gasteiger partial charge in [-0.25, -0.2) is 9.18 Å². The fourth-order valence-electron chi connectivity index (χ4n) is 1.73. The minimum atomic E-state index is -1.04. The Bertz CT molecular complexity index is 749. The van der Waals surface area contributed by atoms with Gasteiger partial charge in [0.2, 0.25) is 11.6 Å². The van der Waals surface area contributed by atoms with Gasteiger partial charge in [0.1, 0.15) is 5.82 Å². The number of H-pyrrole nitrogens is 1. The molecule has 7 nitrogen and oxygen atoms in total. The monoisotopic (exact) mass is 279 g/mol. The second-order valence-electron chi connectivity index (χ2n) is 4.05. The summed E-state index contributed by atoms with van der Waals surface area (Å²) in [5, 5.41) is 12.0. The van der Waals surface area contributed by atoms with Gasteiger partial charge in [0.05, 0.1) is 0 Å². The quantitative estimate of drug-likeness (QED) is 0.815. The van der Waals surface area contributed by atoms with Gasteiger partial charge in [-0.05, 0) is 29.3 Å². The lowest BCUT2D eigenvalue weighted by molar-refractivity contribution is 0.402. The highest BCUT2D eigenvalue weighted by Gasteiger charge is 2.14. The summed E-state index contributed by atoms with van der Waals surface area (Å²) in [7, 11) is 0. The highest BCUT2D eigenvalue weighted by Crippen LogP contribution is 2.18. The summed E-state index contributed by atoms with van der Waals surface area (Å²) in [5.74, 6) is -1.17. The number of aromatic nitrogens is 2. The smallest absolute Gasteiger partial charge is 0.331 e. The summed E-state index contributed by atoms with van der Waals surface area (Å²) in [4.78, 5) is 35.1. The minimum absolute atomic E-state index is 0.00952. The predicted octanol–water partition coefficient (Wildman–Crippen LogP) is 1.02. The lowest BCUT2D eigenvalue weighted by Gasteiger charge is -2.08. The van der Waals surface area contributed by atoms with Crippen LogP contribution in [-0.4, -0.2) is 14.7 Å². The Balaban J connectivity index is 2.30. The van der Waals surface area contributed by atoms with Crippen LogP contribution in [-0.2, 0) is 13.0 Å². The van der Waals surface area contributed by atoms with E-state index in [1.54, 1.807) is 0 Å². The van der Waals surface area contributed by atoms with Gasteiger partial charge in [-0.1, -0.05) is 12.1 Å². The summed E-state index contributed by atoms with van der Waals surface area (Å²) in [6, 6.07) is 5.59. The fourth-order valence-corrected chi connectivity index (χ4v) is 1.73. The van der Waals surface area contributed by atoms with Crippen molar-refractivity contribution in [3.05, 3.63) is 61.4 Å². The third kappa shape index (κ3) is 2.63. The van der Waals surface area contributed by atoms with E-state index in [0.29, 0.717) is 6.42 Å². The Morgan fingerprint density at radius 3 is 2.50 bits per heavy atom. The molecule has 104 valence electrons. The van der Waals surface area contributed by atoms with Gasteiger partial charge >= 0.3 is 5.69 Å². The summed E-state index contributed by atoms with van der Waals surface area (Å²) in [6.45, 7) is 0.00952. The Labute approximate surface area is 111 Å². The molecule has 2 aromatic rings. The van der Waals surface area contributed by atoms with E-state index in [0.717, 1.165) is 10.1 Å². The average Bonchev–Trinajstić information content (AvgIpc) is 2.40. The fraction of sp³-hybridized carbons (Fsp3) is 0.167. The van der Waals surface area contributed by atoms with Crippen molar-refractivity contribution in [2.75, 3.05) is 0 Å². The number of hydrogen-bond acceptors (Lipinski definition) is 5. The molecule has 0 aliphatic carbocycles. The SMILES string of the molecule is O=Nc1c(O)n(CCc2ccc(F)cc2)c(=O)[nH]c1=O. The molecule has 0 atom stereocenters. The van der Waals surface area contributed by atoms with Crippen molar-refractivity contribution in [2.45, 2.75) is 13.0 Å². The Hall–Kier alpha value is -2.77. The zero-order valence-electron chi connectivity index (χ0n) is 10.2. The molecular weight excluding hydrogens is 269 g/mol. The minimum Gasteiger partial charge on any atom is -0.493 e. The van der Waals surface area contributed by atoms with Gasteiger partial charge in [0, 0.05) is 6.54 Å². The zero-order valence-corrected chi connectivity index (χ0v) is 10.2. The van der Waals surface area contributed by atoms with Crippen LogP contribution in [0.15, 0.2) is 39.0 Å². The van der Waals surface area contributed by atoms with Gasteiger partial charge in [0.15, 0.2) is 0 Å². The first kappa shape index (κ1) is 13.7. The number of nitroso groups, excluding NO2 is 1. The van der Waals surface area contributed by atoms with Crippen molar-refractivity contribution in [1.29, 1.82) is 0 Å². The molecule has 1 heterocycles. The number of nitrogens with one attached hydrogen (secondary N) is 1. The highest BCUT2D eigenvalue weighted by molar-refractivity contribution is 5.43. The standard InChI is InChI=1S/C12H10FN3O4/c13-8-3-1-7(2-4-8)5-6-16-11(18)9(15-20)10(17)14-12(16)19/h1-4,18H,5-6H2,(H,14,17,19). The van der Waals surface area contributed by atoms with E-state index in [4.69, 9.17) is 0 Å². The lowest BCUT2D eigenvalue weighted by atomic mass is 10.1. The molecule has 1 aromatic carbocycles. The molecular formula is C12H10FN3O4. The second kappa shape index (κ2) is 5.47. The van der Waals surface area contributed by atoms with Crippen molar-refractivity contribution < 1.29 is 9.50 Å². The molecule has 0 fully saturated rings. The Morgan fingerprint density at radius 1 is 1.25 bits per heavy atom. The molecule has 0 radical (unpaired) electrons. The van der Waals surface area contributed by atoms with E-state index in [-0.39, 0.29) is 12.4 Å². The molecule has 2 rings (SSSR count). The van der Waals surface area contributed by atoms with Gasteiger partial charge in [-0.15, -0.1) is 4.91 Å². The maximum absolute atomic E-state index is 12.7. The lowest BCUT2D eigenvalue weighted by Crippen LogP contribution is -2.30. The first-order valence-electron chi connectivity index (χ1n) is 5.67. The molecule has 0 saturated carbocycles. The van der Waals surface area contributed by atoms with Gasteiger partial charge in [-0.3, -0.25) is 14.3 Å². The number of hydrogen-bond donors (Lipinski definition) is 2. The highest BCUT2D eigenvalue weighted by atomic mass is 19.1. The predicted molar refractivity (Wildman–Crippen MR) is 68.5 cm³/mol. The summed E-state index contributed by atoms with van der Waals surface area (Å²) >= 11 is 0. The van der Waals surface area contributed by atoms with Crippen molar-refractivity contribution in [3.8, 4) is 5.88 Å². The maximum Gasteiger partial charge on any atom is 0.331 e. The Kier molecular flexibility index (Phi) is 3.74. The van der Waals surface area contributed by atoms with Crippen molar-refractivity contribution in [1.82, 2.24) is 9.55 Å². The zero-order chi connectivity index (χ0) is 14.7. The summed E-state index contributed by atoms with van der Waals surface area (Å²) in [6.07, 6.45) is 0.304. The Morgan fingerprint density at radius 2 is 1.90 bits per heavy atom. The van der Waals surface area contributed by atoms with E-state index >= 15 is 0 Å². The molecule has 0 aliphatic heterocycles. The van der Waals surface area contributed by atoms with Crippen LogP contribution < -0.4 is 11.2 Å². The van der Waals surface area contributed by atoms with Crippen molar-refractivity contribution in [2.24, 2.45) is 5.18 Å². The van der Waals surface area contributed by atoms with E-state index in [9.17, 15) is 24.0 Å².